The van der Waals surface area contributed by atoms with Crippen LogP contribution in [0, 0.1) is 24.7 Å². The van der Waals surface area contributed by atoms with Crippen LogP contribution in [0.1, 0.15) is 45.3 Å². The Balaban J connectivity index is 1.48. The van der Waals surface area contributed by atoms with Gasteiger partial charge in [-0.1, -0.05) is 49.6 Å². The van der Waals surface area contributed by atoms with Gasteiger partial charge in [0.2, 0.25) is 0 Å². The van der Waals surface area contributed by atoms with E-state index in [0.29, 0.717) is 28.6 Å². The van der Waals surface area contributed by atoms with Gasteiger partial charge < -0.3 is 4.74 Å². The quantitative estimate of drug-likeness (QED) is 0.174. The van der Waals surface area contributed by atoms with Crippen molar-refractivity contribution in [2.75, 3.05) is 18.9 Å². The third-order valence-corrected chi connectivity index (χ3v) is 6.61. The van der Waals surface area contributed by atoms with E-state index in [4.69, 9.17) is 4.74 Å². The summed E-state index contributed by atoms with van der Waals surface area (Å²) >= 11 is 2.71. The zero-order valence-electron chi connectivity index (χ0n) is 18.4. The second kappa shape index (κ2) is 9.73. The lowest BCUT2D eigenvalue weighted by Gasteiger charge is -2.08. The largest absolute Gasteiger partial charge is 0.465 e. The van der Waals surface area contributed by atoms with Crippen LogP contribution < -0.4 is 0 Å². The van der Waals surface area contributed by atoms with Gasteiger partial charge in [0, 0.05) is 5.39 Å². The molecule has 4 rings (SSSR count). The molecule has 0 radical (unpaired) electrons. The number of imide groups is 1. The monoisotopic (exact) mass is 479 g/mol. The van der Waals surface area contributed by atoms with Crippen LogP contribution in [0.25, 0.3) is 10.2 Å². The Morgan fingerprint density at radius 2 is 1.88 bits per heavy atom. The topological polar surface area (TPSA) is 89.5 Å². The zero-order valence-corrected chi connectivity index (χ0v) is 20.0. The molecule has 0 unspecified atom stereocenters. The fourth-order valence-corrected chi connectivity index (χ4v) is 5.05. The molecule has 7 nitrogen and oxygen atoms in total. The van der Waals surface area contributed by atoms with Gasteiger partial charge in [-0.15, -0.1) is 11.3 Å². The Labute approximate surface area is 199 Å². The number of ether oxygens (including phenoxy) is 1. The summed E-state index contributed by atoms with van der Waals surface area (Å²) in [4.78, 5) is 48.5. The number of fused-ring (bicyclic) bond motifs is 2. The van der Waals surface area contributed by atoms with Crippen LogP contribution in [-0.2, 0) is 9.53 Å². The molecule has 1 aromatic carbocycles. The first-order valence-corrected chi connectivity index (χ1v) is 12.1. The number of hydrogen-bond acceptors (Lipinski definition) is 8. The van der Waals surface area contributed by atoms with E-state index in [1.54, 1.807) is 31.2 Å². The summed E-state index contributed by atoms with van der Waals surface area (Å²) in [5, 5.41) is 1.51. The first kappa shape index (κ1) is 23.0. The summed E-state index contributed by atoms with van der Waals surface area (Å²) in [6.45, 7) is 6.17. The molecule has 0 aliphatic carbocycles. The van der Waals surface area contributed by atoms with E-state index in [1.165, 1.54) is 23.1 Å². The molecule has 0 spiro atoms. The lowest BCUT2D eigenvalue weighted by molar-refractivity contribution is -0.141. The Bertz CT molecular complexity index is 1290. The minimum atomic E-state index is -0.328. The van der Waals surface area contributed by atoms with Crippen LogP contribution in [-0.4, -0.2) is 51.6 Å². The molecule has 0 saturated carbocycles. The Morgan fingerprint density at radius 1 is 1.18 bits per heavy atom. The van der Waals surface area contributed by atoms with Crippen LogP contribution in [0.5, 0.6) is 0 Å². The summed E-state index contributed by atoms with van der Waals surface area (Å²) in [7, 11) is 0. The minimum absolute atomic E-state index is 0.00853. The molecule has 0 atom stereocenters. The van der Waals surface area contributed by atoms with Gasteiger partial charge in [0.25, 0.3) is 11.8 Å². The number of rotatable bonds is 6. The Morgan fingerprint density at radius 3 is 2.55 bits per heavy atom. The predicted molar refractivity (Wildman–Crippen MR) is 127 cm³/mol. The van der Waals surface area contributed by atoms with Crippen molar-refractivity contribution in [2.24, 2.45) is 5.92 Å². The minimum Gasteiger partial charge on any atom is -0.465 e. The second-order valence-electron chi connectivity index (χ2n) is 7.81. The van der Waals surface area contributed by atoms with Crippen molar-refractivity contribution in [3.8, 4) is 11.8 Å². The molecule has 168 valence electrons. The van der Waals surface area contributed by atoms with E-state index in [1.807, 2.05) is 19.9 Å². The summed E-state index contributed by atoms with van der Waals surface area (Å²) in [5.74, 6) is 6.06. The van der Waals surface area contributed by atoms with Crippen molar-refractivity contribution in [1.82, 2.24) is 14.9 Å². The number of thiophene rings is 1. The van der Waals surface area contributed by atoms with Crippen molar-refractivity contribution in [3.63, 3.8) is 0 Å². The van der Waals surface area contributed by atoms with Gasteiger partial charge >= 0.3 is 5.97 Å². The first-order chi connectivity index (χ1) is 15.8. The molecular weight excluding hydrogens is 458 g/mol. The molecule has 0 fully saturated rings. The predicted octanol–water partition coefficient (Wildman–Crippen LogP) is 3.94. The Hall–Kier alpha value is -3.22. The average molecular weight is 480 g/mol. The summed E-state index contributed by atoms with van der Waals surface area (Å²) in [6, 6.07) is 8.64. The van der Waals surface area contributed by atoms with Crippen LogP contribution in [0.15, 0.2) is 35.4 Å². The lowest BCUT2D eigenvalue weighted by atomic mass is 10.1. The lowest BCUT2D eigenvalue weighted by Crippen LogP contribution is -2.29. The van der Waals surface area contributed by atoms with Gasteiger partial charge in [-0.3, -0.25) is 19.3 Å². The molecule has 0 N–H and O–H groups in total. The van der Waals surface area contributed by atoms with Crippen molar-refractivity contribution in [2.45, 2.75) is 25.8 Å². The van der Waals surface area contributed by atoms with Crippen molar-refractivity contribution < 1.29 is 19.1 Å². The number of benzene rings is 1. The van der Waals surface area contributed by atoms with Gasteiger partial charge in [-0.2, -0.15) is 0 Å². The number of amides is 2. The fourth-order valence-electron chi connectivity index (χ4n) is 3.19. The highest BCUT2D eigenvalue weighted by molar-refractivity contribution is 8.00. The van der Waals surface area contributed by atoms with Gasteiger partial charge in [-0.25, -0.2) is 9.97 Å². The maximum atomic E-state index is 12.5. The molecule has 0 bridgehead atoms. The van der Waals surface area contributed by atoms with Gasteiger partial charge in [0.1, 0.15) is 15.7 Å². The molecule has 2 aromatic heterocycles. The van der Waals surface area contributed by atoms with Gasteiger partial charge in [0.05, 0.1) is 34.9 Å². The maximum absolute atomic E-state index is 12.5. The van der Waals surface area contributed by atoms with E-state index in [0.717, 1.165) is 20.0 Å². The molecule has 1 aliphatic heterocycles. The first-order valence-electron chi connectivity index (χ1n) is 10.3. The summed E-state index contributed by atoms with van der Waals surface area (Å²) in [5.41, 5.74) is 0.816. The van der Waals surface area contributed by atoms with Gasteiger partial charge in [0.15, 0.2) is 0 Å². The summed E-state index contributed by atoms with van der Waals surface area (Å²) in [6.07, 6.45) is 0. The normalized spacial score (nSPS) is 12.8. The highest BCUT2D eigenvalue weighted by Crippen LogP contribution is 2.31. The molecular formula is C24H21N3O4S2. The number of nitrogens with zero attached hydrogens (tertiary/aromatic N) is 3. The molecule has 0 saturated heterocycles. The van der Waals surface area contributed by atoms with Crippen LogP contribution in [0.2, 0.25) is 0 Å². The number of thioether (sulfide) groups is 1. The molecule has 3 aromatic rings. The van der Waals surface area contributed by atoms with E-state index >= 15 is 0 Å². The molecule has 9 heteroatoms. The molecule has 1 aliphatic rings. The van der Waals surface area contributed by atoms with Crippen molar-refractivity contribution >= 4 is 51.1 Å². The number of esters is 1. The summed E-state index contributed by atoms with van der Waals surface area (Å²) < 4.78 is 5.23. The van der Waals surface area contributed by atoms with E-state index in [2.05, 4.69) is 21.8 Å². The smallest absolute Gasteiger partial charge is 0.316 e. The zero-order chi connectivity index (χ0) is 23.5. The third-order valence-electron chi connectivity index (χ3n) is 4.70. The highest BCUT2D eigenvalue weighted by Gasteiger charge is 2.34. The number of carbonyl (C=O) groups excluding carboxylic acids is 3. The maximum Gasteiger partial charge on any atom is 0.316 e. The van der Waals surface area contributed by atoms with Crippen LogP contribution in [0.4, 0.5) is 0 Å². The standard InChI is InChI=1S/C24H21N3O4S2/c1-14(2)12-31-20(28)13-32-21-19-11-16(33-22(19)26-15(3)25-21)7-6-10-27-23(29)17-8-4-5-9-18(17)24(27)30/h4-5,8-9,11,14H,10,12-13H2,1-3H3. The third kappa shape index (κ3) is 5.07. The molecule has 3 heterocycles. The van der Waals surface area contributed by atoms with E-state index in [9.17, 15) is 14.4 Å². The molecule has 33 heavy (non-hydrogen) atoms. The SMILES string of the molecule is Cc1nc(SCC(=O)OCC(C)C)c2cc(C#CCN3C(=O)c4ccccc4C3=O)sc2n1. The second-order valence-corrected chi connectivity index (χ2v) is 9.81. The number of carbonyl (C=O) groups is 3. The van der Waals surface area contributed by atoms with E-state index < -0.39 is 0 Å². The van der Waals surface area contributed by atoms with Crippen LogP contribution >= 0.6 is 23.1 Å². The molecule has 2 amide bonds. The van der Waals surface area contributed by atoms with Crippen molar-refractivity contribution in [3.05, 3.63) is 52.2 Å². The van der Waals surface area contributed by atoms with E-state index in [-0.39, 0.29) is 36.0 Å². The van der Waals surface area contributed by atoms with Crippen LogP contribution in [0.3, 0.4) is 0 Å². The fraction of sp³-hybridized carbons (Fsp3) is 0.292. The number of aromatic nitrogens is 2. The highest BCUT2D eigenvalue weighted by atomic mass is 32.2. The number of hydrogen-bond donors (Lipinski definition) is 0. The van der Waals surface area contributed by atoms with Crippen molar-refractivity contribution in [1.29, 1.82) is 0 Å². The van der Waals surface area contributed by atoms with Gasteiger partial charge in [-0.05, 0) is 31.0 Å². The number of aryl methyl sites for hydroxylation is 1. The Kier molecular flexibility index (Phi) is 6.77. The average Bonchev–Trinajstić information content (AvgIpc) is 3.30.